The second kappa shape index (κ2) is 9.16. The van der Waals surface area contributed by atoms with Crippen LogP contribution in [0.3, 0.4) is 0 Å². The lowest BCUT2D eigenvalue weighted by atomic mass is 9.80. The van der Waals surface area contributed by atoms with Crippen molar-refractivity contribution in [3.05, 3.63) is 65.0 Å². The molecule has 2 aromatic carbocycles. The second-order valence-corrected chi connectivity index (χ2v) is 9.65. The van der Waals surface area contributed by atoms with Crippen molar-refractivity contribution in [3.8, 4) is 11.1 Å². The van der Waals surface area contributed by atoms with Crippen molar-refractivity contribution in [2.24, 2.45) is 0 Å². The monoisotopic (exact) mass is 427 g/mol. The van der Waals surface area contributed by atoms with Crippen molar-refractivity contribution >= 4 is 22.4 Å². The third-order valence-electron chi connectivity index (χ3n) is 5.25. The number of aromatic nitrogens is 1. The summed E-state index contributed by atoms with van der Waals surface area (Å²) >= 11 is 0. The summed E-state index contributed by atoms with van der Waals surface area (Å²) in [5.74, 6) is 0.742. The molecule has 6 nitrogen and oxygen atoms in total. The van der Waals surface area contributed by atoms with Crippen molar-refractivity contribution in [2.75, 3.05) is 5.75 Å². The van der Waals surface area contributed by atoms with Gasteiger partial charge in [0.15, 0.2) is 9.84 Å². The summed E-state index contributed by atoms with van der Waals surface area (Å²) in [7, 11) is -4.90. The maximum Gasteiger partial charge on any atom is 0.488 e. The Morgan fingerprint density at radius 1 is 1.00 bits per heavy atom. The van der Waals surface area contributed by atoms with Gasteiger partial charge >= 0.3 is 7.12 Å². The number of sulfone groups is 1. The highest BCUT2D eigenvalue weighted by atomic mass is 32.2. The van der Waals surface area contributed by atoms with Gasteiger partial charge in [0.2, 0.25) is 0 Å². The van der Waals surface area contributed by atoms with E-state index >= 15 is 0 Å². The lowest BCUT2D eigenvalue weighted by Crippen LogP contribution is -2.29. The molecule has 0 saturated heterocycles. The molecule has 158 valence electrons. The number of benzene rings is 2. The predicted molar refractivity (Wildman–Crippen MR) is 117 cm³/mol. The molecule has 0 aliphatic heterocycles. The highest BCUT2D eigenvalue weighted by Crippen LogP contribution is 2.30. The average Bonchev–Trinajstić information content (AvgIpc) is 3.04. The van der Waals surface area contributed by atoms with E-state index < -0.39 is 17.0 Å². The van der Waals surface area contributed by atoms with Crippen LogP contribution in [0.2, 0.25) is 0 Å². The zero-order valence-corrected chi connectivity index (χ0v) is 18.2. The molecule has 0 aliphatic carbocycles. The summed E-state index contributed by atoms with van der Waals surface area (Å²) in [5.41, 5.74) is 4.57. The summed E-state index contributed by atoms with van der Waals surface area (Å²) < 4.78 is 31.2. The number of hydrogen-bond donors (Lipinski definition) is 2. The van der Waals surface area contributed by atoms with Gasteiger partial charge in [-0.05, 0) is 68.3 Å². The number of rotatable bonds is 8. The number of hydrogen-bond acceptors (Lipinski definition) is 6. The van der Waals surface area contributed by atoms with E-state index in [1.807, 2.05) is 38.1 Å². The summed E-state index contributed by atoms with van der Waals surface area (Å²) in [6.07, 6.45) is 2.00. The molecule has 3 aromatic rings. The average molecular weight is 427 g/mol. The molecule has 0 amide bonds. The number of aryl methyl sites for hydroxylation is 4. The predicted octanol–water partition coefficient (Wildman–Crippen LogP) is 2.74. The Morgan fingerprint density at radius 3 is 2.30 bits per heavy atom. The van der Waals surface area contributed by atoms with Gasteiger partial charge in [0, 0.05) is 5.56 Å². The molecule has 0 radical (unpaired) electrons. The van der Waals surface area contributed by atoms with Gasteiger partial charge in [-0.25, -0.2) is 8.42 Å². The van der Waals surface area contributed by atoms with Crippen molar-refractivity contribution < 1.29 is 23.0 Å². The van der Waals surface area contributed by atoms with Gasteiger partial charge in [0.1, 0.15) is 5.76 Å². The van der Waals surface area contributed by atoms with E-state index in [0.29, 0.717) is 22.5 Å². The van der Waals surface area contributed by atoms with E-state index in [9.17, 15) is 8.42 Å². The molecule has 1 aromatic heterocycles. The lowest BCUT2D eigenvalue weighted by molar-refractivity contribution is 0.393. The van der Waals surface area contributed by atoms with Crippen LogP contribution in [-0.4, -0.2) is 36.5 Å². The summed E-state index contributed by atoms with van der Waals surface area (Å²) in [6.45, 7) is 5.46. The first kappa shape index (κ1) is 22.3. The molecule has 0 atom stereocenters. The zero-order chi connectivity index (χ0) is 21.9. The van der Waals surface area contributed by atoms with Crippen LogP contribution in [0.25, 0.3) is 11.1 Å². The van der Waals surface area contributed by atoms with Crippen LogP contribution in [0.4, 0.5) is 0 Å². The van der Waals surface area contributed by atoms with Crippen molar-refractivity contribution in [1.82, 2.24) is 5.16 Å². The normalized spacial score (nSPS) is 11.6. The Bertz CT molecular complexity index is 1100. The molecule has 3 rings (SSSR count). The van der Waals surface area contributed by atoms with E-state index in [2.05, 4.69) is 5.16 Å². The molecule has 0 aliphatic rings. The quantitative estimate of drug-likeness (QED) is 0.424. The van der Waals surface area contributed by atoms with Crippen LogP contribution in [-0.2, 0) is 16.3 Å². The molecule has 1 heterocycles. The van der Waals surface area contributed by atoms with Crippen LogP contribution >= 0.6 is 0 Å². The zero-order valence-electron chi connectivity index (χ0n) is 17.4. The minimum absolute atomic E-state index is 0.0757. The van der Waals surface area contributed by atoms with Crippen LogP contribution in [0.15, 0.2) is 51.9 Å². The fraction of sp³-hybridized carbons (Fsp3) is 0.318. The van der Waals surface area contributed by atoms with E-state index in [4.69, 9.17) is 14.6 Å². The van der Waals surface area contributed by atoms with Gasteiger partial charge in [0.05, 0.1) is 16.3 Å². The SMILES string of the molecule is Cc1ccc(-c2c(C)noc2C)cc1S(=O)(=O)CCCCc1ccc(B(O)O)cc1. The Morgan fingerprint density at radius 2 is 1.70 bits per heavy atom. The standard InChI is InChI=1S/C22H26BNO5S/c1-15-7-10-19(22-16(2)24-29-17(22)3)14-21(15)30(27,28)13-5-4-6-18-8-11-20(12-9-18)23(25)26/h7-12,14,25-26H,4-6,13H2,1-3H3. The maximum absolute atomic E-state index is 13.0. The highest BCUT2D eigenvalue weighted by molar-refractivity contribution is 7.91. The maximum atomic E-state index is 13.0. The fourth-order valence-electron chi connectivity index (χ4n) is 3.57. The summed E-state index contributed by atoms with van der Waals surface area (Å²) in [4.78, 5) is 0.348. The first-order valence-electron chi connectivity index (χ1n) is 9.90. The van der Waals surface area contributed by atoms with Gasteiger partial charge in [-0.15, -0.1) is 0 Å². The molecule has 0 saturated carbocycles. The third-order valence-corrected chi connectivity index (χ3v) is 7.19. The molecule has 2 N–H and O–H groups in total. The van der Waals surface area contributed by atoms with Gasteiger partial charge in [-0.3, -0.25) is 0 Å². The highest BCUT2D eigenvalue weighted by Gasteiger charge is 2.20. The van der Waals surface area contributed by atoms with Gasteiger partial charge in [-0.1, -0.05) is 41.6 Å². The Labute approximate surface area is 177 Å². The summed E-state index contributed by atoms with van der Waals surface area (Å²) in [5, 5.41) is 22.2. The molecular weight excluding hydrogens is 401 g/mol. The Balaban J connectivity index is 1.67. The molecule has 0 spiro atoms. The van der Waals surface area contributed by atoms with Gasteiger partial charge < -0.3 is 14.6 Å². The third kappa shape index (κ3) is 5.01. The van der Waals surface area contributed by atoms with Crippen LogP contribution in [0.5, 0.6) is 0 Å². The van der Waals surface area contributed by atoms with Crippen molar-refractivity contribution in [2.45, 2.75) is 44.9 Å². The van der Waals surface area contributed by atoms with Crippen LogP contribution < -0.4 is 5.46 Å². The van der Waals surface area contributed by atoms with Crippen LogP contribution in [0.1, 0.15) is 35.4 Å². The largest absolute Gasteiger partial charge is 0.488 e. The number of nitrogens with zero attached hydrogens (tertiary/aromatic N) is 1. The van der Waals surface area contributed by atoms with Gasteiger partial charge in [0.25, 0.3) is 0 Å². The Hall–Kier alpha value is -2.42. The smallest absolute Gasteiger partial charge is 0.423 e. The second-order valence-electron chi connectivity index (χ2n) is 7.57. The minimum atomic E-state index is -3.42. The van der Waals surface area contributed by atoms with E-state index in [1.165, 1.54) is 0 Å². The molecule has 0 fully saturated rings. The topological polar surface area (TPSA) is 101 Å². The molecule has 30 heavy (non-hydrogen) atoms. The summed E-state index contributed by atoms with van der Waals surface area (Å²) in [6, 6.07) is 12.4. The minimum Gasteiger partial charge on any atom is -0.423 e. The molecule has 0 unspecified atom stereocenters. The van der Waals surface area contributed by atoms with E-state index in [-0.39, 0.29) is 5.75 Å². The van der Waals surface area contributed by atoms with Gasteiger partial charge in [-0.2, -0.15) is 0 Å². The first-order valence-corrected chi connectivity index (χ1v) is 11.6. The first-order chi connectivity index (χ1) is 14.2. The van der Waals surface area contributed by atoms with Crippen LogP contribution in [0, 0.1) is 20.8 Å². The molecule has 8 heteroatoms. The molecular formula is C22H26BNO5S. The number of unbranched alkanes of at least 4 members (excludes halogenated alkanes) is 1. The van der Waals surface area contributed by atoms with Crippen molar-refractivity contribution in [3.63, 3.8) is 0 Å². The molecule has 0 bridgehead atoms. The fourth-order valence-corrected chi connectivity index (χ4v) is 5.24. The van der Waals surface area contributed by atoms with E-state index in [0.717, 1.165) is 40.8 Å². The van der Waals surface area contributed by atoms with E-state index in [1.54, 1.807) is 25.1 Å². The Kier molecular flexibility index (Phi) is 6.80. The van der Waals surface area contributed by atoms with Crippen molar-refractivity contribution in [1.29, 1.82) is 0 Å². The lowest BCUT2D eigenvalue weighted by Gasteiger charge is -2.10.